The Morgan fingerprint density at radius 1 is 0.344 bits per heavy atom. The molecule has 0 atom stereocenters. The highest BCUT2D eigenvalue weighted by molar-refractivity contribution is 7.25. The maximum absolute atomic E-state index is 6.49. The Morgan fingerprint density at radius 2 is 0.951 bits per heavy atom. The van der Waals surface area contributed by atoms with E-state index in [4.69, 9.17) is 4.42 Å². The summed E-state index contributed by atoms with van der Waals surface area (Å²) in [5.74, 6) is 0. The molecule has 0 radical (unpaired) electrons. The van der Waals surface area contributed by atoms with Gasteiger partial charge in [-0.25, -0.2) is 0 Å². The first-order valence-corrected chi connectivity index (χ1v) is 21.6. The number of anilines is 3. The normalized spacial score (nSPS) is 11.6. The molecule has 0 amide bonds. The molecule has 0 spiro atoms. The van der Waals surface area contributed by atoms with Crippen molar-refractivity contribution >= 4 is 81.3 Å². The van der Waals surface area contributed by atoms with Gasteiger partial charge in [0.05, 0.1) is 5.69 Å². The third-order valence-corrected chi connectivity index (χ3v) is 13.2. The predicted octanol–water partition coefficient (Wildman–Crippen LogP) is 17.2. The van der Waals surface area contributed by atoms with E-state index in [1.165, 1.54) is 58.8 Å². The molecular formula is C58H37NOS. The fourth-order valence-corrected chi connectivity index (χ4v) is 10.4. The first-order chi connectivity index (χ1) is 30.2. The lowest BCUT2D eigenvalue weighted by Crippen LogP contribution is -2.11. The van der Waals surface area contributed by atoms with Gasteiger partial charge in [-0.15, -0.1) is 11.3 Å². The van der Waals surface area contributed by atoms with Crippen LogP contribution in [0, 0.1) is 0 Å². The molecule has 2 heterocycles. The van der Waals surface area contributed by atoms with Crippen molar-refractivity contribution in [3.05, 3.63) is 224 Å². The van der Waals surface area contributed by atoms with Crippen LogP contribution in [0.2, 0.25) is 0 Å². The summed E-state index contributed by atoms with van der Waals surface area (Å²) in [6, 6.07) is 81.3. The van der Waals surface area contributed by atoms with Gasteiger partial charge in [0, 0.05) is 53.4 Å². The van der Waals surface area contributed by atoms with Gasteiger partial charge in [-0.1, -0.05) is 170 Å². The number of benzene rings is 10. The average Bonchev–Trinajstić information content (AvgIpc) is 3.91. The zero-order valence-electron chi connectivity index (χ0n) is 33.1. The van der Waals surface area contributed by atoms with Crippen LogP contribution >= 0.6 is 11.3 Å². The minimum absolute atomic E-state index is 0.903. The van der Waals surface area contributed by atoms with Crippen LogP contribution in [0.5, 0.6) is 0 Å². The van der Waals surface area contributed by atoms with Crippen molar-refractivity contribution in [1.82, 2.24) is 0 Å². The molecule has 0 unspecified atom stereocenters. The average molecular weight is 796 g/mol. The molecule has 0 aliphatic carbocycles. The van der Waals surface area contributed by atoms with Crippen LogP contribution in [0.4, 0.5) is 17.1 Å². The number of para-hydroxylation sites is 3. The molecule has 0 N–H and O–H groups in total. The molecule has 2 nitrogen and oxygen atoms in total. The Kier molecular flexibility index (Phi) is 8.39. The molecule has 0 saturated carbocycles. The molecule has 12 rings (SSSR count). The van der Waals surface area contributed by atoms with E-state index in [1.54, 1.807) is 0 Å². The number of furan rings is 1. The summed E-state index contributed by atoms with van der Waals surface area (Å²) in [4.78, 5) is 2.43. The van der Waals surface area contributed by atoms with Crippen LogP contribution in [0.25, 0.3) is 97.4 Å². The highest BCUT2D eigenvalue weighted by Crippen LogP contribution is 2.47. The Bertz CT molecular complexity index is 3610. The molecular weight excluding hydrogens is 759 g/mol. The van der Waals surface area contributed by atoms with Gasteiger partial charge < -0.3 is 9.32 Å². The molecule has 2 aromatic heterocycles. The van der Waals surface area contributed by atoms with Gasteiger partial charge in [-0.3, -0.25) is 0 Å². The fourth-order valence-electron chi connectivity index (χ4n) is 9.24. The fraction of sp³-hybridized carbons (Fsp3) is 0. The summed E-state index contributed by atoms with van der Waals surface area (Å²) in [5.41, 5.74) is 14.4. The van der Waals surface area contributed by atoms with E-state index in [0.717, 1.165) is 55.7 Å². The Morgan fingerprint density at radius 3 is 1.82 bits per heavy atom. The third kappa shape index (κ3) is 6.01. The number of nitrogens with zero attached hydrogens (tertiary/aromatic N) is 1. The zero-order chi connectivity index (χ0) is 40.3. The first-order valence-electron chi connectivity index (χ1n) is 20.7. The highest BCUT2D eigenvalue weighted by Gasteiger charge is 2.21. The Labute approximate surface area is 357 Å². The number of fused-ring (bicyclic) bond motifs is 7. The molecule has 0 fully saturated rings. The van der Waals surface area contributed by atoms with Crippen LogP contribution in [-0.2, 0) is 0 Å². The first kappa shape index (κ1) is 35.2. The Hall–Kier alpha value is -7.72. The van der Waals surface area contributed by atoms with Crippen molar-refractivity contribution in [3.8, 4) is 44.5 Å². The van der Waals surface area contributed by atoms with Gasteiger partial charge in [0.2, 0.25) is 0 Å². The minimum atomic E-state index is 0.903. The van der Waals surface area contributed by atoms with E-state index < -0.39 is 0 Å². The summed E-state index contributed by atoms with van der Waals surface area (Å²) in [6.07, 6.45) is 0. The lowest BCUT2D eigenvalue weighted by molar-refractivity contribution is 0.670. The molecule has 61 heavy (non-hydrogen) atoms. The van der Waals surface area contributed by atoms with Crippen molar-refractivity contribution in [3.63, 3.8) is 0 Å². The molecule has 0 aliphatic rings. The molecule has 0 aliphatic heterocycles. The van der Waals surface area contributed by atoms with E-state index >= 15 is 0 Å². The van der Waals surface area contributed by atoms with E-state index in [9.17, 15) is 0 Å². The number of rotatable bonds is 7. The minimum Gasteiger partial charge on any atom is -0.455 e. The van der Waals surface area contributed by atoms with Crippen LogP contribution in [0.3, 0.4) is 0 Å². The topological polar surface area (TPSA) is 16.4 Å². The summed E-state index contributed by atoms with van der Waals surface area (Å²) in [5, 5.41) is 7.32. The van der Waals surface area contributed by atoms with Crippen molar-refractivity contribution < 1.29 is 4.42 Å². The van der Waals surface area contributed by atoms with E-state index in [2.05, 4.69) is 217 Å². The molecule has 12 aromatic rings. The van der Waals surface area contributed by atoms with Crippen LogP contribution in [0.1, 0.15) is 0 Å². The largest absolute Gasteiger partial charge is 0.455 e. The van der Waals surface area contributed by atoms with Crippen molar-refractivity contribution in [1.29, 1.82) is 0 Å². The van der Waals surface area contributed by atoms with Gasteiger partial charge in [0.1, 0.15) is 11.2 Å². The maximum Gasteiger partial charge on any atom is 0.143 e. The molecule has 3 heteroatoms. The van der Waals surface area contributed by atoms with Gasteiger partial charge in [-0.05, 0) is 98.8 Å². The molecule has 0 saturated heterocycles. The van der Waals surface area contributed by atoms with E-state index in [0.29, 0.717) is 0 Å². The second-order valence-electron chi connectivity index (χ2n) is 15.6. The lowest BCUT2D eigenvalue weighted by atomic mass is 9.92. The highest BCUT2D eigenvalue weighted by atomic mass is 32.1. The van der Waals surface area contributed by atoms with Gasteiger partial charge >= 0.3 is 0 Å². The monoisotopic (exact) mass is 795 g/mol. The third-order valence-electron chi connectivity index (χ3n) is 12.1. The Balaban J connectivity index is 1.04. The van der Waals surface area contributed by atoms with E-state index in [-0.39, 0.29) is 0 Å². The van der Waals surface area contributed by atoms with Crippen LogP contribution < -0.4 is 4.90 Å². The van der Waals surface area contributed by atoms with Crippen molar-refractivity contribution in [2.45, 2.75) is 0 Å². The smallest absolute Gasteiger partial charge is 0.143 e. The molecule has 0 bridgehead atoms. The standard InChI is InChI=1S/C58H37NOS/c1-2-15-40-36-42(31-30-38(40)14-1)46-19-4-3-18-45(46)41-16-11-17-44(37-41)59(43-34-32-39(33-35-43)47-23-12-25-51-49-21-6-9-27-54(49)60-58(47)51)53-26-8-5-20-48(53)50-24-13-29-56-57(50)52-22-7-10-28-55(52)61-56/h1-37H. The van der Waals surface area contributed by atoms with Gasteiger partial charge in [-0.2, -0.15) is 0 Å². The van der Waals surface area contributed by atoms with Crippen LogP contribution in [0.15, 0.2) is 229 Å². The SMILES string of the molecule is c1cc(-c2ccccc2-c2ccc3ccccc3c2)cc(N(c2ccc(-c3cccc4c3oc3ccccc34)cc2)c2ccccc2-c2cccc3sc4ccccc4c23)c1. The summed E-state index contributed by atoms with van der Waals surface area (Å²) >= 11 is 1.86. The van der Waals surface area contributed by atoms with E-state index in [1.807, 2.05) is 23.5 Å². The van der Waals surface area contributed by atoms with Crippen molar-refractivity contribution in [2.24, 2.45) is 0 Å². The maximum atomic E-state index is 6.49. The van der Waals surface area contributed by atoms with Gasteiger partial charge in [0.15, 0.2) is 0 Å². The second kappa shape index (κ2) is 14.5. The number of hydrogen-bond acceptors (Lipinski definition) is 3. The van der Waals surface area contributed by atoms with Crippen LogP contribution in [-0.4, -0.2) is 0 Å². The zero-order valence-corrected chi connectivity index (χ0v) is 33.9. The predicted molar refractivity (Wildman–Crippen MR) is 261 cm³/mol. The van der Waals surface area contributed by atoms with Crippen molar-refractivity contribution in [2.75, 3.05) is 4.90 Å². The summed E-state index contributed by atoms with van der Waals surface area (Å²) in [7, 11) is 0. The quantitative estimate of drug-likeness (QED) is 0.160. The number of hydrogen-bond donors (Lipinski definition) is 0. The lowest BCUT2D eigenvalue weighted by Gasteiger charge is -2.29. The summed E-state index contributed by atoms with van der Waals surface area (Å²) in [6.45, 7) is 0. The molecule has 286 valence electrons. The van der Waals surface area contributed by atoms with Gasteiger partial charge in [0.25, 0.3) is 0 Å². The second-order valence-corrected chi connectivity index (χ2v) is 16.7. The summed E-state index contributed by atoms with van der Waals surface area (Å²) < 4.78 is 9.07. The molecule has 10 aromatic carbocycles. The number of thiophene rings is 1.